The number of hydrogen-bond donors (Lipinski definition) is 1. The summed E-state index contributed by atoms with van der Waals surface area (Å²) in [6.07, 6.45) is 0. The first kappa shape index (κ1) is 14.6. The van der Waals surface area contributed by atoms with Crippen molar-refractivity contribution >= 4 is 22.2 Å². The van der Waals surface area contributed by atoms with Crippen LogP contribution < -0.4 is 0 Å². The van der Waals surface area contributed by atoms with E-state index in [0.29, 0.717) is 13.2 Å². The number of carbonyl (C=O) groups is 1. The van der Waals surface area contributed by atoms with Gasteiger partial charge in [0.05, 0.1) is 23.0 Å². The first-order valence-electron chi connectivity index (χ1n) is 5.23. The van der Waals surface area contributed by atoms with E-state index in [9.17, 15) is 14.9 Å². The van der Waals surface area contributed by atoms with Crippen LogP contribution in [0.1, 0.15) is 9.67 Å². The Hall–Kier alpha value is -1.51. The van der Waals surface area contributed by atoms with Crippen LogP contribution in [0.4, 0.5) is 5.00 Å². The highest BCUT2D eigenvalue weighted by Crippen LogP contribution is 2.24. The average Bonchev–Trinajstić information content (AvgIpc) is 2.83. The topological polar surface area (TPSA) is 92.9 Å². The molecule has 18 heavy (non-hydrogen) atoms. The number of thiophene rings is 1. The number of aliphatic hydroxyl groups is 1. The smallest absolute Gasteiger partial charge is 0.324 e. The highest BCUT2D eigenvalue weighted by Gasteiger charge is 2.20. The predicted molar refractivity (Wildman–Crippen MR) is 65.8 cm³/mol. The molecule has 1 N–H and O–H groups in total. The predicted octanol–water partition coefficient (Wildman–Crippen LogP) is 0.737. The summed E-state index contributed by atoms with van der Waals surface area (Å²) in [7, 11) is 1.51. The van der Waals surface area contributed by atoms with E-state index in [0.717, 1.165) is 11.3 Å². The number of nitrogens with zero attached hydrogens (tertiary/aromatic N) is 2. The van der Waals surface area contributed by atoms with Crippen LogP contribution in [0.5, 0.6) is 0 Å². The van der Waals surface area contributed by atoms with Gasteiger partial charge in [0.1, 0.15) is 0 Å². The summed E-state index contributed by atoms with van der Waals surface area (Å²) in [6, 6.07) is 2.72. The van der Waals surface area contributed by atoms with Crippen molar-refractivity contribution in [2.75, 3.05) is 33.4 Å². The van der Waals surface area contributed by atoms with Crippen LogP contribution in [0.25, 0.3) is 0 Å². The number of aliphatic hydroxyl groups excluding tert-OH is 1. The molecule has 1 amide bonds. The molecule has 0 saturated carbocycles. The third-order valence-corrected chi connectivity index (χ3v) is 3.23. The number of nitro groups is 1. The third-order valence-electron chi connectivity index (χ3n) is 2.21. The van der Waals surface area contributed by atoms with Crippen molar-refractivity contribution in [3.63, 3.8) is 0 Å². The second kappa shape index (κ2) is 7.04. The van der Waals surface area contributed by atoms with Crippen LogP contribution in [-0.2, 0) is 4.74 Å². The molecular formula is C10H14N2O5S. The van der Waals surface area contributed by atoms with Gasteiger partial charge in [-0.05, 0) is 6.07 Å². The number of ether oxygens (including phenoxy) is 1. The summed E-state index contributed by atoms with van der Waals surface area (Å²) in [6.45, 7) is 0.692. The fourth-order valence-electron chi connectivity index (χ4n) is 1.33. The van der Waals surface area contributed by atoms with Gasteiger partial charge in [0.25, 0.3) is 5.91 Å². The molecule has 1 rings (SSSR count). The number of rotatable bonds is 7. The zero-order chi connectivity index (χ0) is 13.5. The minimum absolute atomic E-state index is 0.0750. The zero-order valence-electron chi connectivity index (χ0n) is 9.87. The van der Waals surface area contributed by atoms with Crippen molar-refractivity contribution in [1.29, 1.82) is 0 Å². The van der Waals surface area contributed by atoms with Crippen molar-refractivity contribution in [1.82, 2.24) is 4.90 Å². The van der Waals surface area contributed by atoms with Gasteiger partial charge in [0, 0.05) is 26.3 Å². The summed E-state index contributed by atoms with van der Waals surface area (Å²) in [5, 5.41) is 19.3. The maximum absolute atomic E-state index is 12.0. The lowest BCUT2D eigenvalue weighted by Gasteiger charge is -2.20. The Morgan fingerprint density at radius 1 is 1.56 bits per heavy atom. The Kier molecular flexibility index (Phi) is 5.69. The molecule has 1 aromatic rings. The van der Waals surface area contributed by atoms with E-state index in [1.165, 1.54) is 24.1 Å². The fraction of sp³-hybridized carbons (Fsp3) is 0.500. The summed E-state index contributed by atoms with van der Waals surface area (Å²) in [5.41, 5.74) is 0. The van der Waals surface area contributed by atoms with Gasteiger partial charge in [-0.15, -0.1) is 0 Å². The van der Waals surface area contributed by atoms with Gasteiger partial charge in [-0.3, -0.25) is 14.9 Å². The summed E-state index contributed by atoms with van der Waals surface area (Å²) < 4.78 is 4.87. The van der Waals surface area contributed by atoms with Gasteiger partial charge in [-0.1, -0.05) is 11.3 Å². The van der Waals surface area contributed by atoms with Crippen molar-refractivity contribution < 1.29 is 19.6 Å². The van der Waals surface area contributed by atoms with E-state index in [2.05, 4.69) is 0 Å². The normalized spacial score (nSPS) is 10.3. The molecule has 0 radical (unpaired) electrons. The molecular weight excluding hydrogens is 260 g/mol. The molecule has 0 atom stereocenters. The molecule has 0 aromatic carbocycles. The van der Waals surface area contributed by atoms with Crippen molar-refractivity contribution in [2.24, 2.45) is 0 Å². The number of carbonyl (C=O) groups excluding carboxylic acids is 1. The first-order valence-corrected chi connectivity index (χ1v) is 6.05. The summed E-state index contributed by atoms with van der Waals surface area (Å²) >= 11 is 0.824. The molecule has 1 heterocycles. The van der Waals surface area contributed by atoms with Gasteiger partial charge in [0.15, 0.2) is 0 Å². The Morgan fingerprint density at radius 3 is 2.78 bits per heavy atom. The highest BCUT2D eigenvalue weighted by atomic mass is 32.1. The van der Waals surface area contributed by atoms with Gasteiger partial charge < -0.3 is 14.7 Å². The highest BCUT2D eigenvalue weighted by molar-refractivity contribution is 7.17. The van der Waals surface area contributed by atoms with Crippen LogP contribution in [0, 0.1) is 10.1 Å². The molecule has 0 saturated heterocycles. The molecule has 0 spiro atoms. The molecule has 8 heteroatoms. The molecule has 100 valence electrons. The van der Waals surface area contributed by atoms with Crippen LogP contribution in [-0.4, -0.2) is 54.3 Å². The van der Waals surface area contributed by atoms with Crippen LogP contribution >= 0.6 is 11.3 Å². The van der Waals surface area contributed by atoms with E-state index < -0.39 is 4.92 Å². The number of hydrogen-bond acceptors (Lipinski definition) is 6. The average molecular weight is 274 g/mol. The van der Waals surface area contributed by atoms with Gasteiger partial charge in [0.2, 0.25) is 0 Å². The summed E-state index contributed by atoms with van der Waals surface area (Å²) in [5.74, 6) is -0.334. The minimum atomic E-state index is -0.535. The van der Waals surface area contributed by atoms with Crippen LogP contribution in [0.3, 0.4) is 0 Å². The van der Waals surface area contributed by atoms with E-state index in [1.807, 2.05) is 0 Å². The van der Waals surface area contributed by atoms with E-state index in [1.54, 1.807) is 0 Å². The van der Waals surface area contributed by atoms with Gasteiger partial charge >= 0.3 is 5.00 Å². The third kappa shape index (κ3) is 3.76. The van der Waals surface area contributed by atoms with Crippen molar-refractivity contribution in [2.45, 2.75) is 0 Å². The number of methoxy groups -OCH3 is 1. The Morgan fingerprint density at radius 2 is 2.28 bits per heavy atom. The van der Waals surface area contributed by atoms with Gasteiger partial charge in [-0.2, -0.15) is 0 Å². The van der Waals surface area contributed by atoms with E-state index in [4.69, 9.17) is 9.84 Å². The molecule has 0 unspecified atom stereocenters. The monoisotopic (exact) mass is 274 g/mol. The van der Waals surface area contributed by atoms with Crippen molar-refractivity contribution in [3.8, 4) is 0 Å². The Labute approximate surface area is 108 Å². The second-order valence-corrected chi connectivity index (χ2v) is 4.47. The molecule has 0 aliphatic heterocycles. The van der Waals surface area contributed by atoms with Crippen molar-refractivity contribution in [3.05, 3.63) is 27.1 Å². The standard InChI is InChI=1S/C10H14N2O5S/c1-17-7-5-11(4-6-13)10(14)8-2-3-9(18-8)12(15)16/h2-3,13H,4-7H2,1H3. The molecule has 0 bridgehead atoms. The van der Waals surface area contributed by atoms with Gasteiger partial charge in [-0.25, -0.2) is 0 Å². The SMILES string of the molecule is COCCN(CCO)C(=O)c1ccc([N+](=O)[O-])s1. The van der Waals surface area contributed by atoms with Crippen LogP contribution in [0.15, 0.2) is 12.1 Å². The second-order valence-electron chi connectivity index (χ2n) is 3.40. The molecule has 7 nitrogen and oxygen atoms in total. The minimum Gasteiger partial charge on any atom is -0.395 e. The molecule has 1 aromatic heterocycles. The Bertz CT molecular complexity index is 420. The molecule has 0 aliphatic carbocycles. The van der Waals surface area contributed by atoms with E-state index >= 15 is 0 Å². The number of amides is 1. The largest absolute Gasteiger partial charge is 0.395 e. The Balaban J connectivity index is 2.77. The maximum Gasteiger partial charge on any atom is 0.324 e. The molecule has 0 fully saturated rings. The van der Waals surface area contributed by atoms with Crippen LogP contribution in [0.2, 0.25) is 0 Å². The van der Waals surface area contributed by atoms with E-state index in [-0.39, 0.29) is 28.9 Å². The lowest BCUT2D eigenvalue weighted by atomic mass is 10.3. The first-order chi connectivity index (χ1) is 8.60. The molecule has 0 aliphatic rings. The lowest BCUT2D eigenvalue weighted by molar-refractivity contribution is -0.380. The summed E-state index contributed by atoms with van der Waals surface area (Å²) in [4.78, 5) is 23.7. The maximum atomic E-state index is 12.0. The zero-order valence-corrected chi connectivity index (χ0v) is 10.7. The fourth-order valence-corrected chi connectivity index (χ4v) is 2.12. The lowest BCUT2D eigenvalue weighted by Crippen LogP contribution is -2.35. The quantitative estimate of drug-likeness (QED) is 0.584.